The predicted octanol–water partition coefficient (Wildman–Crippen LogP) is 2.99. The van der Waals surface area contributed by atoms with Gasteiger partial charge in [-0.2, -0.15) is 5.26 Å². The molecule has 5 nitrogen and oxygen atoms in total. The summed E-state index contributed by atoms with van der Waals surface area (Å²) < 4.78 is 24.6. The van der Waals surface area contributed by atoms with Crippen molar-refractivity contribution < 1.29 is 18.7 Å². The molecule has 0 saturated heterocycles. The number of hydrogen-bond donors (Lipinski definition) is 1. The molecule has 0 spiro atoms. The predicted molar refractivity (Wildman–Crippen MR) is 89.4 cm³/mol. The van der Waals surface area contributed by atoms with E-state index in [1.807, 2.05) is 6.07 Å². The van der Waals surface area contributed by atoms with Crippen molar-refractivity contribution in [3.63, 3.8) is 0 Å². The fourth-order valence-corrected chi connectivity index (χ4v) is 2.53. The molecule has 2 aromatic carbocycles. The van der Waals surface area contributed by atoms with E-state index in [-0.39, 0.29) is 12.2 Å². The molecule has 6 heteroatoms. The van der Waals surface area contributed by atoms with Crippen molar-refractivity contribution in [2.45, 2.75) is 6.04 Å². The summed E-state index contributed by atoms with van der Waals surface area (Å²) in [4.78, 5) is 12.5. The van der Waals surface area contributed by atoms with Gasteiger partial charge in [-0.1, -0.05) is 18.2 Å². The lowest BCUT2D eigenvalue weighted by atomic mass is 10.0. The number of methoxy groups -OCH3 is 1. The summed E-state index contributed by atoms with van der Waals surface area (Å²) in [6, 6.07) is 12.0. The monoisotopic (exact) mass is 338 g/mol. The molecular formula is C19H15FN2O3. The molecule has 1 aliphatic rings. The molecule has 1 heterocycles. The second kappa shape index (κ2) is 7.05. The van der Waals surface area contributed by atoms with Crippen LogP contribution in [0.2, 0.25) is 0 Å². The second-order valence-corrected chi connectivity index (χ2v) is 5.42. The molecule has 0 radical (unpaired) electrons. The lowest BCUT2D eigenvalue weighted by molar-refractivity contribution is -0.118. The van der Waals surface area contributed by atoms with Gasteiger partial charge in [-0.25, -0.2) is 4.39 Å². The van der Waals surface area contributed by atoms with E-state index in [9.17, 15) is 14.4 Å². The Bertz CT molecular complexity index is 886. The van der Waals surface area contributed by atoms with Crippen LogP contribution in [-0.2, 0) is 4.79 Å². The molecule has 1 amide bonds. The van der Waals surface area contributed by atoms with Crippen molar-refractivity contribution in [1.82, 2.24) is 5.32 Å². The summed E-state index contributed by atoms with van der Waals surface area (Å²) in [7, 11) is 1.55. The Morgan fingerprint density at radius 1 is 1.36 bits per heavy atom. The summed E-state index contributed by atoms with van der Waals surface area (Å²) in [6.07, 6.45) is 1.67. The molecule has 1 unspecified atom stereocenters. The van der Waals surface area contributed by atoms with Crippen LogP contribution in [-0.4, -0.2) is 19.6 Å². The van der Waals surface area contributed by atoms with E-state index in [2.05, 4.69) is 5.32 Å². The maximum atomic E-state index is 13.8. The second-order valence-electron chi connectivity index (χ2n) is 5.42. The van der Waals surface area contributed by atoms with Crippen LogP contribution in [0, 0.1) is 17.1 Å². The van der Waals surface area contributed by atoms with Crippen LogP contribution >= 0.6 is 0 Å². The molecule has 1 N–H and O–H groups in total. The van der Waals surface area contributed by atoms with E-state index in [1.54, 1.807) is 37.5 Å². The smallest absolute Gasteiger partial charge is 0.251 e. The van der Waals surface area contributed by atoms with Crippen molar-refractivity contribution >= 4 is 12.0 Å². The molecule has 0 saturated carbocycles. The van der Waals surface area contributed by atoms with Gasteiger partial charge in [-0.3, -0.25) is 4.79 Å². The zero-order valence-corrected chi connectivity index (χ0v) is 13.5. The van der Waals surface area contributed by atoms with Gasteiger partial charge < -0.3 is 14.8 Å². The summed E-state index contributed by atoms with van der Waals surface area (Å²) in [5, 5.41) is 11.8. The van der Waals surface area contributed by atoms with E-state index >= 15 is 0 Å². The van der Waals surface area contributed by atoms with Crippen LogP contribution in [0.1, 0.15) is 17.2 Å². The van der Waals surface area contributed by atoms with Gasteiger partial charge in [0.05, 0.1) is 18.8 Å². The maximum absolute atomic E-state index is 13.8. The van der Waals surface area contributed by atoms with Gasteiger partial charge in [0.1, 0.15) is 30.0 Å². The minimum absolute atomic E-state index is 0.0700. The molecule has 0 bridgehead atoms. The third-order valence-corrected chi connectivity index (χ3v) is 3.84. The average Bonchev–Trinajstić information content (AvgIpc) is 2.65. The number of nitriles is 1. The number of halogens is 1. The first kappa shape index (κ1) is 16.5. The van der Waals surface area contributed by atoms with Crippen LogP contribution in [0.5, 0.6) is 11.5 Å². The van der Waals surface area contributed by atoms with Crippen molar-refractivity contribution in [2.24, 2.45) is 0 Å². The first-order chi connectivity index (χ1) is 12.1. The van der Waals surface area contributed by atoms with Crippen LogP contribution in [0.25, 0.3) is 6.08 Å². The van der Waals surface area contributed by atoms with Crippen molar-refractivity contribution in [2.75, 3.05) is 13.7 Å². The highest BCUT2D eigenvalue weighted by Crippen LogP contribution is 2.30. The van der Waals surface area contributed by atoms with Gasteiger partial charge in [0.2, 0.25) is 0 Å². The molecule has 0 aromatic heterocycles. The molecular weight excluding hydrogens is 323 g/mol. The van der Waals surface area contributed by atoms with E-state index < -0.39 is 17.8 Å². The third kappa shape index (κ3) is 3.45. The fraction of sp³-hybridized carbons (Fsp3) is 0.158. The van der Waals surface area contributed by atoms with Crippen molar-refractivity contribution in [3.8, 4) is 17.6 Å². The number of benzene rings is 2. The van der Waals surface area contributed by atoms with Crippen molar-refractivity contribution in [3.05, 3.63) is 65.0 Å². The van der Waals surface area contributed by atoms with Gasteiger partial charge in [0.25, 0.3) is 5.91 Å². The molecule has 1 atom stereocenters. The van der Waals surface area contributed by atoms with Crippen LogP contribution in [0.15, 0.2) is 48.0 Å². The Balaban J connectivity index is 1.82. The quantitative estimate of drug-likeness (QED) is 0.930. The van der Waals surface area contributed by atoms with Crippen LogP contribution in [0.4, 0.5) is 4.39 Å². The zero-order valence-electron chi connectivity index (χ0n) is 13.5. The molecule has 3 rings (SSSR count). The minimum atomic E-state index is -1.08. The Labute approximate surface area is 144 Å². The number of nitrogens with one attached hydrogen (secondary N) is 1. The first-order valence-electron chi connectivity index (χ1n) is 7.58. The molecule has 25 heavy (non-hydrogen) atoms. The summed E-state index contributed by atoms with van der Waals surface area (Å²) in [5.41, 5.74) is 1.17. The molecule has 0 aliphatic carbocycles. The first-order valence-corrected chi connectivity index (χ1v) is 7.58. The summed E-state index contributed by atoms with van der Waals surface area (Å²) in [5.74, 6) is 0.256. The Morgan fingerprint density at radius 2 is 2.16 bits per heavy atom. The normalized spacial score (nSPS) is 13.6. The number of amides is 1. The lowest BCUT2D eigenvalue weighted by Crippen LogP contribution is -2.32. The van der Waals surface area contributed by atoms with Gasteiger partial charge in [0, 0.05) is 11.1 Å². The largest absolute Gasteiger partial charge is 0.497 e. The van der Waals surface area contributed by atoms with Crippen LogP contribution < -0.4 is 14.8 Å². The molecule has 1 aliphatic heterocycles. The Hall–Kier alpha value is -3.33. The number of carbonyl (C=O) groups excluding carboxylic acids is 1. The number of ether oxygens (including phenoxy) is 2. The number of rotatable bonds is 4. The number of carbonyl (C=O) groups is 1. The highest BCUT2D eigenvalue weighted by molar-refractivity contribution is 5.99. The Morgan fingerprint density at radius 3 is 2.88 bits per heavy atom. The topological polar surface area (TPSA) is 71.3 Å². The van der Waals surface area contributed by atoms with E-state index in [0.29, 0.717) is 22.6 Å². The lowest BCUT2D eigenvalue weighted by Gasteiger charge is -2.19. The van der Waals surface area contributed by atoms with Gasteiger partial charge in [-0.05, 0) is 30.3 Å². The maximum Gasteiger partial charge on any atom is 0.251 e. The summed E-state index contributed by atoms with van der Waals surface area (Å²) in [6.45, 7) is 0.0700. The highest BCUT2D eigenvalue weighted by atomic mass is 19.1. The van der Waals surface area contributed by atoms with E-state index in [0.717, 1.165) is 0 Å². The standard InChI is InChI=1S/C19H15FN2O3/c1-24-14-6-7-18-12(9-14)8-13(11-25-18)19(23)22-17(10-21)15-4-2-3-5-16(15)20/h2-9,17H,11H2,1H3,(H,22,23). The molecule has 126 valence electrons. The fourth-order valence-electron chi connectivity index (χ4n) is 2.53. The van der Waals surface area contributed by atoms with E-state index in [1.165, 1.54) is 18.2 Å². The van der Waals surface area contributed by atoms with Crippen LogP contribution in [0.3, 0.4) is 0 Å². The average molecular weight is 338 g/mol. The number of hydrogen-bond acceptors (Lipinski definition) is 4. The minimum Gasteiger partial charge on any atom is -0.497 e. The van der Waals surface area contributed by atoms with Gasteiger partial charge in [-0.15, -0.1) is 0 Å². The van der Waals surface area contributed by atoms with Gasteiger partial charge in [0.15, 0.2) is 0 Å². The SMILES string of the molecule is COc1ccc2c(c1)C=C(C(=O)NC(C#N)c1ccccc1F)CO2. The highest BCUT2D eigenvalue weighted by Gasteiger charge is 2.22. The Kier molecular flexibility index (Phi) is 4.66. The molecule has 2 aromatic rings. The van der Waals surface area contributed by atoms with Gasteiger partial charge >= 0.3 is 0 Å². The summed E-state index contributed by atoms with van der Waals surface area (Å²) >= 11 is 0. The number of fused-ring (bicyclic) bond motifs is 1. The third-order valence-electron chi connectivity index (χ3n) is 3.84. The molecule has 0 fully saturated rings. The number of nitrogens with zero attached hydrogens (tertiary/aromatic N) is 1. The van der Waals surface area contributed by atoms with Crippen molar-refractivity contribution in [1.29, 1.82) is 5.26 Å². The zero-order chi connectivity index (χ0) is 17.8. The van der Waals surface area contributed by atoms with E-state index in [4.69, 9.17) is 9.47 Å².